The Bertz CT molecular complexity index is 1220. The van der Waals surface area contributed by atoms with E-state index in [0.717, 1.165) is 29.0 Å². The Morgan fingerprint density at radius 1 is 1.03 bits per heavy atom. The quantitative estimate of drug-likeness (QED) is 0.589. The van der Waals surface area contributed by atoms with Gasteiger partial charge in [-0.15, -0.1) is 0 Å². The number of benzene rings is 2. The molecule has 1 N–H and O–H groups in total. The van der Waals surface area contributed by atoms with E-state index in [9.17, 15) is 9.59 Å². The minimum absolute atomic E-state index is 0.0491. The van der Waals surface area contributed by atoms with Crippen molar-refractivity contribution in [3.05, 3.63) is 77.0 Å². The number of likely N-dealkylation sites (tertiary alicyclic amines) is 1. The fourth-order valence-corrected chi connectivity index (χ4v) is 5.01. The second-order valence-electron chi connectivity index (χ2n) is 9.30. The van der Waals surface area contributed by atoms with Gasteiger partial charge in [-0.3, -0.25) is 9.59 Å². The fraction of sp³-hybridized carbons (Fsp3) is 0.370. The molecule has 2 aliphatic rings. The Morgan fingerprint density at radius 2 is 1.71 bits per heavy atom. The summed E-state index contributed by atoms with van der Waals surface area (Å²) < 4.78 is 11.7. The molecule has 0 aliphatic carbocycles. The van der Waals surface area contributed by atoms with Crippen molar-refractivity contribution in [1.29, 1.82) is 0 Å². The lowest BCUT2D eigenvalue weighted by molar-refractivity contribution is -0.133. The lowest BCUT2D eigenvalue weighted by Crippen LogP contribution is -2.51. The van der Waals surface area contributed by atoms with E-state index in [0.29, 0.717) is 56.2 Å². The summed E-state index contributed by atoms with van der Waals surface area (Å²) in [6.07, 6.45) is 2.48. The third-order valence-corrected chi connectivity index (χ3v) is 6.86. The van der Waals surface area contributed by atoms with Crippen LogP contribution in [0.2, 0.25) is 0 Å². The number of hydrogen-bond donors (Lipinski definition) is 1. The summed E-state index contributed by atoms with van der Waals surface area (Å²) in [6.45, 7) is 5.05. The number of nitrogens with zero attached hydrogens (tertiary/aromatic N) is 2. The highest BCUT2D eigenvalue weighted by atomic mass is 16.5. The molecule has 3 heterocycles. The van der Waals surface area contributed by atoms with Crippen LogP contribution in [-0.2, 0) is 17.6 Å². The first-order chi connectivity index (χ1) is 16.4. The molecule has 2 aliphatic heterocycles. The number of fused-ring (bicyclic) bond motifs is 4. The van der Waals surface area contributed by atoms with Gasteiger partial charge in [0.05, 0.1) is 11.1 Å². The fourth-order valence-electron chi connectivity index (χ4n) is 5.01. The van der Waals surface area contributed by atoms with E-state index in [2.05, 4.69) is 10.3 Å². The molecule has 7 nitrogen and oxygen atoms in total. The Labute approximate surface area is 199 Å². The summed E-state index contributed by atoms with van der Waals surface area (Å²) in [7, 11) is 0. The molecule has 2 amide bonds. The van der Waals surface area contributed by atoms with Crippen LogP contribution in [0.3, 0.4) is 0 Å². The predicted octanol–water partition coefficient (Wildman–Crippen LogP) is 4.22. The van der Waals surface area contributed by atoms with Crippen LogP contribution >= 0.6 is 0 Å². The molecule has 0 unspecified atom stereocenters. The smallest absolute Gasteiger partial charge is 0.291 e. The molecule has 176 valence electrons. The summed E-state index contributed by atoms with van der Waals surface area (Å²) in [6, 6.07) is 15.9. The predicted molar refractivity (Wildman–Crippen MR) is 127 cm³/mol. The van der Waals surface area contributed by atoms with Crippen LogP contribution < -0.4 is 10.1 Å². The highest BCUT2D eigenvalue weighted by Crippen LogP contribution is 2.37. The Balaban J connectivity index is 1.39. The number of amides is 2. The molecular formula is C27H29N3O4. The molecule has 0 atom stereocenters. The SMILES string of the molecule is Cc1nc(C)c(C(=O)N2CCC3(CC2)Cc2cccc(c2)Oc2cccc(c2)CCNC3=O)o1. The maximum Gasteiger partial charge on any atom is 0.291 e. The lowest BCUT2D eigenvalue weighted by Gasteiger charge is -2.40. The zero-order valence-electron chi connectivity index (χ0n) is 19.6. The second kappa shape index (κ2) is 8.97. The van der Waals surface area contributed by atoms with Gasteiger partial charge in [-0.05, 0) is 68.0 Å². The van der Waals surface area contributed by atoms with Crippen LogP contribution in [0.4, 0.5) is 0 Å². The molecule has 1 fully saturated rings. The van der Waals surface area contributed by atoms with Crippen molar-refractivity contribution in [2.24, 2.45) is 5.41 Å². The van der Waals surface area contributed by atoms with Gasteiger partial charge in [-0.25, -0.2) is 4.98 Å². The van der Waals surface area contributed by atoms with E-state index >= 15 is 0 Å². The van der Waals surface area contributed by atoms with Gasteiger partial charge in [0.15, 0.2) is 5.89 Å². The maximum absolute atomic E-state index is 13.5. The zero-order valence-corrected chi connectivity index (χ0v) is 19.6. The molecule has 34 heavy (non-hydrogen) atoms. The van der Waals surface area contributed by atoms with E-state index in [-0.39, 0.29) is 11.8 Å². The summed E-state index contributed by atoms with van der Waals surface area (Å²) >= 11 is 0. The number of ether oxygens (including phenoxy) is 1. The number of nitrogens with one attached hydrogen (secondary N) is 1. The van der Waals surface area contributed by atoms with Crippen molar-refractivity contribution in [2.75, 3.05) is 19.6 Å². The standard InChI is InChI=1S/C27H29N3O4/c1-18-24(33-19(2)29-18)25(31)30-13-10-27(11-14-30)17-21-6-4-8-23(16-21)34-22-7-3-5-20(15-22)9-12-28-26(27)32/h3-8,15-16H,9-14,17H2,1-2H3,(H,28,32). The van der Waals surface area contributed by atoms with Crippen LogP contribution in [-0.4, -0.2) is 41.3 Å². The Kier molecular flexibility index (Phi) is 5.86. The van der Waals surface area contributed by atoms with Crippen molar-refractivity contribution in [1.82, 2.24) is 15.2 Å². The number of carbonyl (C=O) groups excluding carboxylic acids is 2. The van der Waals surface area contributed by atoms with E-state index in [1.54, 1.807) is 18.7 Å². The Hall–Kier alpha value is -3.61. The van der Waals surface area contributed by atoms with Gasteiger partial charge in [0.2, 0.25) is 11.7 Å². The van der Waals surface area contributed by atoms with E-state index < -0.39 is 5.41 Å². The number of oxazole rings is 1. The Morgan fingerprint density at radius 3 is 2.38 bits per heavy atom. The monoisotopic (exact) mass is 459 g/mol. The van der Waals surface area contributed by atoms with Crippen LogP contribution in [0.15, 0.2) is 52.9 Å². The summed E-state index contributed by atoms with van der Waals surface area (Å²) in [5.74, 6) is 2.21. The van der Waals surface area contributed by atoms with Gasteiger partial charge in [-0.1, -0.05) is 24.3 Å². The average molecular weight is 460 g/mol. The van der Waals surface area contributed by atoms with Crippen molar-refractivity contribution >= 4 is 11.8 Å². The molecule has 2 aromatic carbocycles. The number of carbonyl (C=O) groups is 2. The number of rotatable bonds is 1. The minimum Gasteiger partial charge on any atom is -0.457 e. The second-order valence-corrected chi connectivity index (χ2v) is 9.30. The molecule has 0 radical (unpaired) electrons. The number of piperidine rings is 1. The number of aryl methyl sites for hydroxylation is 2. The molecule has 7 heteroatoms. The molecule has 1 saturated heterocycles. The number of hydrogen-bond acceptors (Lipinski definition) is 5. The minimum atomic E-state index is -0.589. The third-order valence-electron chi connectivity index (χ3n) is 6.86. The zero-order chi connectivity index (χ0) is 23.7. The van der Waals surface area contributed by atoms with Crippen LogP contribution in [0, 0.1) is 19.3 Å². The van der Waals surface area contributed by atoms with Crippen LogP contribution in [0.25, 0.3) is 0 Å². The normalized spacial score (nSPS) is 17.7. The maximum atomic E-state index is 13.5. The van der Waals surface area contributed by atoms with Gasteiger partial charge in [-0.2, -0.15) is 0 Å². The van der Waals surface area contributed by atoms with E-state index in [4.69, 9.17) is 9.15 Å². The van der Waals surface area contributed by atoms with Gasteiger partial charge in [0.1, 0.15) is 11.5 Å². The molecule has 3 aromatic rings. The number of aromatic nitrogens is 1. The van der Waals surface area contributed by atoms with Crippen molar-refractivity contribution < 1.29 is 18.7 Å². The summed E-state index contributed by atoms with van der Waals surface area (Å²) in [5.41, 5.74) is 2.17. The highest BCUT2D eigenvalue weighted by molar-refractivity contribution is 5.93. The van der Waals surface area contributed by atoms with Crippen molar-refractivity contribution in [3.8, 4) is 11.5 Å². The third kappa shape index (κ3) is 4.42. The first-order valence-corrected chi connectivity index (χ1v) is 11.8. The van der Waals surface area contributed by atoms with E-state index in [1.807, 2.05) is 48.5 Å². The topological polar surface area (TPSA) is 84.7 Å². The molecule has 1 spiro atoms. The first-order valence-electron chi connectivity index (χ1n) is 11.8. The van der Waals surface area contributed by atoms with Crippen molar-refractivity contribution in [3.63, 3.8) is 0 Å². The largest absolute Gasteiger partial charge is 0.457 e. The van der Waals surface area contributed by atoms with Gasteiger partial charge in [0, 0.05) is 26.6 Å². The summed E-state index contributed by atoms with van der Waals surface area (Å²) in [4.78, 5) is 32.6. The molecule has 0 saturated carbocycles. The molecule has 1 aromatic heterocycles. The summed E-state index contributed by atoms with van der Waals surface area (Å²) in [5, 5.41) is 3.17. The first kappa shape index (κ1) is 22.2. The van der Waals surface area contributed by atoms with Crippen LogP contribution in [0.5, 0.6) is 11.5 Å². The van der Waals surface area contributed by atoms with Crippen LogP contribution in [0.1, 0.15) is 46.1 Å². The molecular weight excluding hydrogens is 430 g/mol. The van der Waals surface area contributed by atoms with Gasteiger partial charge in [0.25, 0.3) is 5.91 Å². The van der Waals surface area contributed by atoms with Crippen molar-refractivity contribution in [2.45, 2.75) is 39.5 Å². The molecule has 4 bridgehead atoms. The van der Waals surface area contributed by atoms with Gasteiger partial charge < -0.3 is 19.4 Å². The lowest BCUT2D eigenvalue weighted by atomic mass is 9.72. The highest BCUT2D eigenvalue weighted by Gasteiger charge is 2.43. The average Bonchev–Trinajstić information content (AvgIpc) is 3.17. The molecule has 5 rings (SSSR count). The van der Waals surface area contributed by atoms with Gasteiger partial charge >= 0.3 is 0 Å². The van der Waals surface area contributed by atoms with E-state index in [1.165, 1.54) is 0 Å².